The number of hydrogen-bond acceptors (Lipinski definition) is 11. The molecule has 1 atom stereocenters. The van der Waals surface area contributed by atoms with Gasteiger partial charge in [0.2, 0.25) is 17.7 Å². The third-order valence-corrected chi connectivity index (χ3v) is 9.41. The van der Waals surface area contributed by atoms with Crippen LogP contribution >= 0.6 is 0 Å². The third-order valence-electron chi connectivity index (χ3n) is 9.41. The Morgan fingerprint density at radius 1 is 0.830 bits per heavy atom. The van der Waals surface area contributed by atoms with Gasteiger partial charge in [-0.25, -0.2) is 9.97 Å². The van der Waals surface area contributed by atoms with Crippen LogP contribution in [0, 0.1) is 5.92 Å². The van der Waals surface area contributed by atoms with Crippen LogP contribution in [0.2, 0.25) is 0 Å². The number of rotatable bonds is 11. The predicted molar refractivity (Wildman–Crippen MR) is 192 cm³/mol. The van der Waals surface area contributed by atoms with E-state index in [0.717, 1.165) is 10.6 Å². The highest BCUT2D eigenvalue weighted by Gasteiger charge is 2.45. The zero-order valence-electron chi connectivity index (χ0n) is 28.5. The molecule has 6 amide bonds. The zero-order chi connectivity index (χ0) is 36.9. The van der Waals surface area contributed by atoms with Crippen LogP contribution in [0.1, 0.15) is 56.8 Å². The maximum Gasteiger partial charge on any atom is 0.321 e. The summed E-state index contributed by atoms with van der Waals surface area (Å²) in [6, 6.07) is 20.6. The quantitative estimate of drug-likeness (QED) is 0.131. The van der Waals surface area contributed by atoms with Gasteiger partial charge in [0.05, 0.1) is 16.7 Å². The number of imide groups is 2. The molecule has 2 saturated heterocycles. The van der Waals surface area contributed by atoms with E-state index in [-0.39, 0.29) is 47.7 Å². The Labute approximate surface area is 304 Å². The van der Waals surface area contributed by atoms with Crippen molar-refractivity contribution in [3.05, 3.63) is 102 Å². The number of amides is 6. The number of nitrogens with one attached hydrogen (secondary N) is 4. The molecule has 15 nitrogen and oxygen atoms in total. The molecule has 4 N–H and O–H groups in total. The van der Waals surface area contributed by atoms with Crippen molar-refractivity contribution >= 4 is 52.5 Å². The maximum absolute atomic E-state index is 13.3. The van der Waals surface area contributed by atoms with Crippen LogP contribution in [0.15, 0.2) is 85.2 Å². The minimum Gasteiger partial charge on any atom is -0.424 e. The van der Waals surface area contributed by atoms with Crippen molar-refractivity contribution in [1.29, 1.82) is 0 Å². The number of carbonyl (C=O) groups excluding carboxylic acids is 6. The number of anilines is 3. The summed E-state index contributed by atoms with van der Waals surface area (Å²) in [5.74, 6) is -2.23. The fraction of sp³-hybridized carbons (Fsp3) is 0.263. The molecule has 2 fully saturated rings. The second kappa shape index (κ2) is 15.3. The lowest BCUT2D eigenvalue weighted by molar-refractivity contribution is -0.136. The van der Waals surface area contributed by atoms with Gasteiger partial charge in [0.15, 0.2) is 0 Å². The van der Waals surface area contributed by atoms with Gasteiger partial charge < -0.3 is 25.6 Å². The summed E-state index contributed by atoms with van der Waals surface area (Å²) >= 11 is 0. The minimum atomic E-state index is -1.04. The highest BCUT2D eigenvalue weighted by molar-refractivity contribution is 6.25. The molecule has 1 aromatic heterocycles. The van der Waals surface area contributed by atoms with Gasteiger partial charge in [-0.2, -0.15) is 0 Å². The molecule has 0 radical (unpaired) electrons. The molecule has 3 aliphatic rings. The standard InChI is InChI=1S/C38H36N8O7/c47-31-14-13-30(35(50)44-31)46-36(51)28-7-4-8-29(32(28)37(46)52)39-17-18-40-33(48)23-15-19-45(20-16-23)26-11-9-25(10-12-26)43-34(49)24-21-41-38(42-22-24)53-27-5-2-1-3-6-27/h1-12,21-23,30,39H,13-20H2,(H,40,48)(H,43,49)(H,44,47,50). The van der Waals surface area contributed by atoms with E-state index in [1.54, 1.807) is 24.3 Å². The van der Waals surface area contributed by atoms with Crippen LogP contribution in [0.25, 0.3) is 0 Å². The molecule has 3 aromatic carbocycles. The van der Waals surface area contributed by atoms with Crippen molar-refractivity contribution in [1.82, 2.24) is 25.5 Å². The number of benzene rings is 3. The first-order chi connectivity index (χ1) is 25.7. The number of fused-ring (bicyclic) bond motifs is 1. The SMILES string of the molecule is O=C1CCC(N2C(=O)c3cccc(NCCNC(=O)C4CCN(c5ccc(NC(=O)c6cnc(Oc7ccccc7)nc6)cc5)CC4)c3C2=O)C(=O)N1. The Morgan fingerprint density at radius 2 is 1.57 bits per heavy atom. The van der Waals surface area contributed by atoms with Crippen molar-refractivity contribution in [3.8, 4) is 11.8 Å². The van der Waals surface area contributed by atoms with Gasteiger partial charge in [-0.15, -0.1) is 0 Å². The van der Waals surface area contributed by atoms with Crippen molar-refractivity contribution in [2.75, 3.05) is 41.7 Å². The van der Waals surface area contributed by atoms with E-state index in [1.165, 1.54) is 18.5 Å². The first-order valence-electron chi connectivity index (χ1n) is 17.3. The molecule has 270 valence electrons. The number of aromatic nitrogens is 2. The summed E-state index contributed by atoms with van der Waals surface area (Å²) in [5.41, 5.74) is 2.68. The minimum absolute atomic E-state index is 0.0443. The summed E-state index contributed by atoms with van der Waals surface area (Å²) in [5, 5.41) is 11.2. The Morgan fingerprint density at radius 3 is 2.28 bits per heavy atom. The van der Waals surface area contributed by atoms with Crippen LogP contribution in [0.5, 0.6) is 11.8 Å². The van der Waals surface area contributed by atoms with Crippen molar-refractivity contribution in [3.63, 3.8) is 0 Å². The van der Waals surface area contributed by atoms with E-state index in [1.807, 2.05) is 42.5 Å². The number of para-hydroxylation sites is 1. The molecule has 53 heavy (non-hydrogen) atoms. The van der Waals surface area contributed by atoms with Crippen molar-refractivity contribution in [2.24, 2.45) is 5.92 Å². The number of ether oxygens (including phenoxy) is 1. The third kappa shape index (κ3) is 7.68. The molecular formula is C38H36N8O7. The van der Waals surface area contributed by atoms with Crippen LogP contribution in [0.4, 0.5) is 17.1 Å². The molecule has 0 saturated carbocycles. The fourth-order valence-electron chi connectivity index (χ4n) is 6.63. The fourth-order valence-corrected chi connectivity index (χ4v) is 6.63. The number of piperidine rings is 2. The average Bonchev–Trinajstić information content (AvgIpc) is 3.43. The first kappa shape index (κ1) is 34.8. The van der Waals surface area contributed by atoms with Gasteiger partial charge in [0.1, 0.15) is 11.8 Å². The second-order valence-electron chi connectivity index (χ2n) is 12.8. The largest absolute Gasteiger partial charge is 0.424 e. The molecule has 4 heterocycles. The molecule has 0 spiro atoms. The zero-order valence-corrected chi connectivity index (χ0v) is 28.5. The van der Waals surface area contributed by atoms with Gasteiger partial charge in [-0.1, -0.05) is 24.3 Å². The van der Waals surface area contributed by atoms with Crippen LogP contribution in [0.3, 0.4) is 0 Å². The van der Waals surface area contributed by atoms with E-state index >= 15 is 0 Å². The number of hydrogen-bond donors (Lipinski definition) is 4. The highest BCUT2D eigenvalue weighted by atomic mass is 16.5. The first-order valence-corrected chi connectivity index (χ1v) is 17.3. The summed E-state index contributed by atoms with van der Waals surface area (Å²) < 4.78 is 5.58. The van der Waals surface area contributed by atoms with E-state index < -0.39 is 29.7 Å². The molecule has 3 aliphatic heterocycles. The Hall–Kier alpha value is -6.64. The smallest absolute Gasteiger partial charge is 0.321 e. The molecule has 0 bridgehead atoms. The van der Waals surface area contributed by atoms with Crippen molar-refractivity contribution in [2.45, 2.75) is 31.7 Å². The van der Waals surface area contributed by atoms with E-state index in [2.05, 4.69) is 36.1 Å². The summed E-state index contributed by atoms with van der Waals surface area (Å²) in [6.07, 6.45) is 4.28. The molecule has 1 unspecified atom stereocenters. The Bertz CT molecular complexity index is 2050. The lowest BCUT2D eigenvalue weighted by Gasteiger charge is -2.33. The number of carbonyl (C=O) groups is 6. The van der Waals surface area contributed by atoms with Crippen LogP contribution in [-0.4, -0.2) is 82.5 Å². The Kier molecular flexibility index (Phi) is 10.0. The van der Waals surface area contributed by atoms with Crippen molar-refractivity contribution < 1.29 is 33.5 Å². The van der Waals surface area contributed by atoms with Gasteiger partial charge in [0.25, 0.3) is 17.7 Å². The van der Waals surface area contributed by atoms with E-state index in [4.69, 9.17) is 4.74 Å². The summed E-state index contributed by atoms with van der Waals surface area (Å²) in [7, 11) is 0. The molecule has 0 aliphatic carbocycles. The lowest BCUT2D eigenvalue weighted by atomic mass is 9.95. The molecule has 7 rings (SSSR count). The number of nitrogens with zero attached hydrogens (tertiary/aromatic N) is 4. The van der Waals surface area contributed by atoms with E-state index in [9.17, 15) is 28.8 Å². The molecule has 4 aromatic rings. The van der Waals surface area contributed by atoms with Gasteiger partial charge in [-0.05, 0) is 67.8 Å². The average molecular weight is 717 g/mol. The van der Waals surface area contributed by atoms with Crippen LogP contribution in [-0.2, 0) is 14.4 Å². The van der Waals surface area contributed by atoms with Gasteiger partial charge in [-0.3, -0.25) is 39.0 Å². The summed E-state index contributed by atoms with van der Waals surface area (Å²) in [4.78, 5) is 87.5. The topological polar surface area (TPSA) is 192 Å². The van der Waals surface area contributed by atoms with Crippen LogP contribution < -0.4 is 30.9 Å². The predicted octanol–water partition coefficient (Wildman–Crippen LogP) is 3.37. The lowest BCUT2D eigenvalue weighted by Crippen LogP contribution is -2.54. The maximum atomic E-state index is 13.3. The normalized spacial score (nSPS) is 17.2. The summed E-state index contributed by atoms with van der Waals surface area (Å²) in [6.45, 7) is 1.98. The van der Waals surface area contributed by atoms with Gasteiger partial charge in [0, 0.05) is 68.0 Å². The highest BCUT2D eigenvalue weighted by Crippen LogP contribution is 2.32. The molecule has 15 heteroatoms. The second-order valence-corrected chi connectivity index (χ2v) is 12.8. The Balaban J connectivity index is 0.844. The van der Waals surface area contributed by atoms with E-state index in [0.29, 0.717) is 61.7 Å². The molecular weight excluding hydrogens is 680 g/mol. The monoisotopic (exact) mass is 716 g/mol. The van der Waals surface area contributed by atoms with Gasteiger partial charge >= 0.3 is 6.01 Å².